The highest BCUT2D eigenvalue weighted by atomic mass is 32.1. The molecular formula is C17H22N6O2S. The molecule has 1 N–H and O–H groups in total. The molecule has 0 radical (unpaired) electrons. The van der Waals surface area contributed by atoms with Crippen molar-refractivity contribution in [3.05, 3.63) is 24.0 Å². The molecule has 0 aromatic carbocycles. The highest BCUT2D eigenvalue weighted by Crippen LogP contribution is 2.36. The second-order valence-electron chi connectivity index (χ2n) is 6.54. The number of urea groups is 1. The highest BCUT2D eigenvalue weighted by molar-refractivity contribution is 7.13. The molecule has 1 saturated heterocycles. The molecular weight excluding hydrogens is 352 g/mol. The van der Waals surface area contributed by atoms with Crippen molar-refractivity contribution in [1.82, 2.24) is 19.9 Å². The third-order valence-electron chi connectivity index (χ3n) is 4.83. The number of amides is 2. The Kier molecular flexibility index (Phi) is 4.87. The van der Waals surface area contributed by atoms with E-state index in [4.69, 9.17) is 4.74 Å². The summed E-state index contributed by atoms with van der Waals surface area (Å²) in [5.74, 6) is 1.51. The van der Waals surface area contributed by atoms with Crippen LogP contribution in [0.25, 0.3) is 0 Å². The van der Waals surface area contributed by atoms with Crippen LogP contribution >= 0.6 is 11.3 Å². The van der Waals surface area contributed by atoms with Crippen LogP contribution in [0.3, 0.4) is 0 Å². The van der Waals surface area contributed by atoms with Crippen LogP contribution in [0.15, 0.2) is 24.0 Å². The normalized spacial score (nSPS) is 17.8. The van der Waals surface area contributed by atoms with E-state index in [1.54, 1.807) is 19.6 Å². The molecule has 0 atom stereocenters. The van der Waals surface area contributed by atoms with Gasteiger partial charge >= 0.3 is 6.03 Å². The minimum absolute atomic E-state index is 0.0694. The second kappa shape index (κ2) is 7.45. The van der Waals surface area contributed by atoms with Gasteiger partial charge in [0.25, 0.3) is 0 Å². The molecule has 1 aliphatic carbocycles. The number of aromatic nitrogens is 3. The maximum absolute atomic E-state index is 12.4. The van der Waals surface area contributed by atoms with Crippen molar-refractivity contribution in [3.63, 3.8) is 0 Å². The van der Waals surface area contributed by atoms with Crippen LogP contribution in [-0.2, 0) is 0 Å². The Morgan fingerprint density at radius 2 is 2.00 bits per heavy atom. The Balaban J connectivity index is 1.40. The zero-order valence-corrected chi connectivity index (χ0v) is 15.5. The maximum Gasteiger partial charge on any atom is 0.323 e. The molecule has 3 heterocycles. The topological polar surface area (TPSA) is 83.5 Å². The number of carbonyl (C=O) groups excluding carboxylic acids is 1. The standard InChI is InChI=1S/C17H22N6O2S/c1-25-15-10-14(19-11-20-15)23(12-2-3-12)13-4-7-22(8-5-13)17(24)21-16-18-6-9-26-16/h6,9-13H,2-5,7-8H2,1H3,(H,18,21,24). The molecule has 9 heteroatoms. The number of nitrogens with zero attached hydrogens (tertiary/aromatic N) is 5. The lowest BCUT2D eigenvalue weighted by atomic mass is 10.0. The molecule has 0 bridgehead atoms. The van der Waals surface area contributed by atoms with Crippen molar-refractivity contribution < 1.29 is 9.53 Å². The predicted octanol–water partition coefficient (Wildman–Crippen LogP) is 2.61. The van der Waals surface area contributed by atoms with E-state index in [0.717, 1.165) is 31.7 Å². The summed E-state index contributed by atoms with van der Waals surface area (Å²) in [4.78, 5) is 29.3. The lowest BCUT2D eigenvalue weighted by Crippen LogP contribution is -2.49. The quantitative estimate of drug-likeness (QED) is 0.866. The smallest absolute Gasteiger partial charge is 0.323 e. The van der Waals surface area contributed by atoms with Gasteiger partial charge in [-0.1, -0.05) is 0 Å². The van der Waals surface area contributed by atoms with Gasteiger partial charge in [0.2, 0.25) is 5.88 Å². The molecule has 2 aliphatic rings. The zero-order chi connectivity index (χ0) is 17.9. The summed E-state index contributed by atoms with van der Waals surface area (Å²) in [6, 6.07) is 2.75. The number of piperidine rings is 1. The number of methoxy groups -OCH3 is 1. The molecule has 8 nitrogen and oxygen atoms in total. The van der Waals surface area contributed by atoms with E-state index in [9.17, 15) is 4.79 Å². The molecule has 1 aliphatic heterocycles. The average Bonchev–Trinajstić information content (AvgIpc) is 3.38. The number of carbonyl (C=O) groups is 1. The molecule has 2 aromatic heterocycles. The van der Waals surface area contributed by atoms with Crippen molar-refractivity contribution in [2.24, 2.45) is 0 Å². The van der Waals surface area contributed by atoms with Gasteiger partial charge < -0.3 is 14.5 Å². The fourth-order valence-corrected chi connectivity index (χ4v) is 3.93. The number of hydrogen-bond acceptors (Lipinski definition) is 7. The van der Waals surface area contributed by atoms with Crippen molar-refractivity contribution in [2.45, 2.75) is 37.8 Å². The van der Waals surface area contributed by atoms with Crippen LogP contribution < -0.4 is 15.0 Å². The second-order valence-corrected chi connectivity index (χ2v) is 7.44. The Morgan fingerprint density at radius 1 is 1.23 bits per heavy atom. The van der Waals surface area contributed by atoms with Gasteiger partial charge in [0.05, 0.1) is 7.11 Å². The average molecular weight is 374 g/mol. The summed E-state index contributed by atoms with van der Waals surface area (Å²) in [6.07, 6.45) is 7.48. The fraction of sp³-hybridized carbons (Fsp3) is 0.529. The molecule has 1 saturated carbocycles. The Bertz CT molecular complexity index is 743. The minimum Gasteiger partial charge on any atom is -0.481 e. The van der Waals surface area contributed by atoms with Crippen molar-refractivity contribution >= 4 is 28.3 Å². The molecule has 138 valence electrons. The Labute approximate surface area is 156 Å². The van der Waals surface area contributed by atoms with E-state index in [1.165, 1.54) is 24.2 Å². The third-order valence-corrected chi connectivity index (χ3v) is 5.52. The van der Waals surface area contributed by atoms with Gasteiger partial charge in [0.15, 0.2) is 5.13 Å². The van der Waals surface area contributed by atoms with Gasteiger partial charge in [-0.15, -0.1) is 11.3 Å². The van der Waals surface area contributed by atoms with Crippen LogP contribution in [-0.4, -0.2) is 58.2 Å². The first-order valence-electron chi connectivity index (χ1n) is 8.84. The van der Waals surface area contributed by atoms with Gasteiger partial charge in [-0.05, 0) is 25.7 Å². The maximum atomic E-state index is 12.4. The van der Waals surface area contributed by atoms with Crippen LogP contribution in [0.1, 0.15) is 25.7 Å². The van der Waals surface area contributed by atoms with E-state index >= 15 is 0 Å². The summed E-state index contributed by atoms with van der Waals surface area (Å²) in [5.41, 5.74) is 0. The van der Waals surface area contributed by atoms with Gasteiger partial charge in [0, 0.05) is 42.8 Å². The van der Waals surface area contributed by atoms with Gasteiger partial charge in [-0.3, -0.25) is 5.32 Å². The van der Waals surface area contributed by atoms with E-state index in [-0.39, 0.29) is 6.03 Å². The third kappa shape index (κ3) is 3.72. The molecule has 4 rings (SSSR count). The van der Waals surface area contributed by atoms with Crippen LogP contribution in [0, 0.1) is 0 Å². The number of likely N-dealkylation sites (tertiary alicyclic amines) is 1. The zero-order valence-electron chi connectivity index (χ0n) is 14.7. The predicted molar refractivity (Wildman–Crippen MR) is 99.8 cm³/mol. The molecule has 26 heavy (non-hydrogen) atoms. The lowest BCUT2D eigenvalue weighted by molar-refractivity contribution is 0.193. The van der Waals surface area contributed by atoms with Crippen molar-refractivity contribution in [3.8, 4) is 5.88 Å². The summed E-state index contributed by atoms with van der Waals surface area (Å²) < 4.78 is 5.25. The van der Waals surface area contributed by atoms with E-state index in [0.29, 0.717) is 23.1 Å². The summed E-state index contributed by atoms with van der Waals surface area (Å²) >= 11 is 1.43. The first-order valence-corrected chi connectivity index (χ1v) is 9.72. The summed E-state index contributed by atoms with van der Waals surface area (Å²) in [7, 11) is 1.62. The number of thiazole rings is 1. The minimum atomic E-state index is -0.0694. The molecule has 0 unspecified atom stereocenters. The molecule has 0 spiro atoms. The monoisotopic (exact) mass is 374 g/mol. The first-order chi connectivity index (χ1) is 12.7. The van der Waals surface area contributed by atoms with Gasteiger partial charge in [-0.25, -0.2) is 19.7 Å². The molecule has 2 amide bonds. The summed E-state index contributed by atoms with van der Waals surface area (Å²) in [6.45, 7) is 1.46. The lowest BCUT2D eigenvalue weighted by Gasteiger charge is -2.39. The number of ether oxygens (including phenoxy) is 1. The van der Waals surface area contributed by atoms with E-state index in [1.807, 2.05) is 16.3 Å². The van der Waals surface area contributed by atoms with Crippen LogP contribution in [0.5, 0.6) is 5.88 Å². The van der Waals surface area contributed by atoms with Crippen molar-refractivity contribution in [2.75, 3.05) is 30.4 Å². The van der Waals surface area contributed by atoms with Crippen LogP contribution in [0.4, 0.5) is 15.7 Å². The summed E-state index contributed by atoms with van der Waals surface area (Å²) in [5, 5.41) is 5.36. The molecule has 2 fully saturated rings. The van der Waals surface area contributed by atoms with Gasteiger partial charge in [0.1, 0.15) is 12.1 Å². The first kappa shape index (κ1) is 17.0. The number of rotatable bonds is 5. The number of nitrogens with one attached hydrogen (secondary N) is 1. The number of hydrogen-bond donors (Lipinski definition) is 1. The van der Waals surface area contributed by atoms with E-state index < -0.39 is 0 Å². The van der Waals surface area contributed by atoms with Crippen molar-refractivity contribution in [1.29, 1.82) is 0 Å². The Morgan fingerprint density at radius 3 is 2.65 bits per heavy atom. The van der Waals surface area contributed by atoms with E-state index in [2.05, 4.69) is 25.2 Å². The highest BCUT2D eigenvalue weighted by Gasteiger charge is 2.37. The van der Waals surface area contributed by atoms with Gasteiger partial charge in [-0.2, -0.15) is 0 Å². The Hall–Kier alpha value is -2.42. The largest absolute Gasteiger partial charge is 0.481 e. The fourth-order valence-electron chi connectivity index (χ4n) is 3.41. The molecule has 2 aromatic rings. The number of anilines is 2. The van der Waals surface area contributed by atoms with Crippen LogP contribution in [0.2, 0.25) is 0 Å². The SMILES string of the molecule is COc1cc(N(C2CC2)C2CCN(C(=O)Nc3nccs3)CC2)ncn1.